The molecule has 1 aromatic heterocycles. The lowest BCUT2D eigenvalue weighted by Crippen LogP contribution is -2.51. The summed E-state index contributed by atoms with van der Waals surface area (Å²) < 4.78 is 35.6. The topological polar surface area (TPSA) is 106 Å². The molecule has 3 rings (SSSR count). The van der Waals surface area contributed by atoms with Crippen LogP contribution in [0.2, 0.25) is 0 Å². The maximum atomic E-state index is 12.9. The minimum Gasteiger partial charge on any atom is -0.497 e. The Hall–Kier alpha value is -3.14. The predicted molar refractivity (Wildman–Crippen MR) is 90.7 cm³/mol. The maximum Gasteiger partial charge on any atom is 0.344 e. The molecule has 0 radical (unpaired) electrons. The molecule has 0 fully saturated rings. The van der Waals surface area contributed by atoms with Crippen LogP contribution in [0.25, 0.3) is 0 Å². The maximum absolute atomic E-state index is 12.9. The zero-order chi connectivity index (χ0) is 18.9. The third kappa shape index (κ3) is 2.84. The van der Waals surface area contributed by atoms with E-state index in [1.54, 1.807) is 24.3 Å². The van der Waals surface area contributed by atoms with Crippen molar-refractivity contribution < 1.29 is 27.5 Å². The van der Waals surface area contributed by atoms with E-state index in [1.165, 1.54) is 25.4 Å². The fraction of sp³-hybridized carbons (Fsp3) is 0.188. The molecule has 0 aliphatic carbocycles. The Morgan fingerprint density at radius 3 is 2.46 bits per heavy atom. The van der Waals surface area contributed by atoms with E-state index < -0.39 is 28.6 Å². The van der Waals surface area contributed by atoms with Crippen molar-refractivity contribution in [2.45, 2.75) is 4.90 Å². The molecule has 1 aliphatic rings. The van der Waals surface area contributed by atoms with Gasteiger partial charge in [0.2, 0.25) is 0 Å². The molecule has 0 unspecified atom stereocenters. The van der Waals surface area contributed by atoms with Gasteiger partial charge in [0.05, 0.1) is 19.9 Å². The highest BCUT2D eigenvalue weighted by Crippen LogP contribution is 2.37. The van der Waals surface area contributed by atoms with Gasteiger partial charge in [-0.3, -0.25) is 4.79 Å². The number of amides is 2. The van der Waals surface area contributed by atoms with Crippen LogP contribution in [0.1, 0.15) is 0 Å². The largest absolute Gasteiger partial charge is 0.497 e. The Kier molecular flexibility index (Phi) is 4.51. The van der Waals surface area contributed by atoms with Gasteiger partial charge in [0.15, 0.2) is 5.82 Å². The molecule has 1 aromatic carbocycles. The lowest BCUT2D eigenvalue weighted by atomic mass is 10.2. The zero-order valence-corrected chi connectivity index (χ0v) is 14.8. The fourth-order valence-corrected chi connectivity index (χ4v) is 3.90. The molecule has 26 heavy (non-hydrogen) atoms. The van der Waals surface area contributed by atoms with E-state index in [9.17, 15) is 18.0 Å². The van der Waals surface area contributed by atoms with Crippen molar-refractivity contribution in [2.24, 2.45) is 0 Å². The first-order chi connectivity index (χ1) is 12.4. The Balaban J connectivity index is 2.16. The van der Waals surface area contributed by atoms with Crippen molar-refractivity contribution >= 4 is 33.5 Å². The summed E-state index contributed by atoms with van der Waals surface area (Å²) in [5, 5.41) is 0. The monoisotopic (exact) mass is 377 g/mol. The van der Waals surface area contributed by atoms with Crippen molar-refractivity contribution in [2.75, 3.05) is 25.7 Å². The number of benzene rings is 1. The molecular weight excluding hydrogens is 362 g/mol. The number of fused-ring (bicyclic) bond motifs is 1. The number of anilines is 2. The van der Waals surface area contributed by atoms with Crippen LogP contribution in [-0.2, 0) is 19.6 Å². The number of carbonyl (C=O) groups excluding carboxylic acids is 2. The SMILES string of the molecule is COC(=O)CN1C(=O)N(c2ccc(OC)cc2)c2ncccc2S1(=O)=O. The van der Waals surface area contributed by atoms with Crippen LogP contribution < -0.4 is 9.64 Å². The summed E-state index contributed by atoms with van der Waals surface area (Å²) in [5.41, 5.74) is 0.375. The summed E-state index contributed by atoms with van der Waals surface area (Å²) in [5.74, 6) is -0.328. The molecule has 2 heterocycles. The summed E-state index contributed by atoms with van der Waals surface area (Å²) in [7, 11) is -1.62. The number of hydrogen-bond acceptors (Lipinski definition) is 7. The summed E-state index contributed by atoms with van der Waals surface area (Å²) in [6.07, 6.45) is 1.38. The third-order valence-corrected chi connectivity index (χ3v) is 5.51. The van der Waals surface area contributed by atoms with Crippen LogP contribution in [0, 0.1) is 0 Å². The van der Waals surface area contributed by atoms with E-state index in [2.05, 4.69) is 9.72 Å². The number of esters is 1. The molecule has 2 aromatic rings. The molecule has 9 nitrogen and oxygen atoms in total. The Morgan fingerprint density at radius 1 is 1.15 bits per heavy atom. The van der Waals surface area contributed by atoms with E-state index in [0.717, 1.165) is 12.0 Å². The van der Waals surface area contributed by atoms with Crippen LogP contribution >= 0.6 is 0 Å². The smallest absolute Gasteiger partial charge is 0.344 e. The van der Waals surface area contributed by atoms with Crippen molar-refractivity contribution in [3.8, 4) is 5.75 Å². The summed E-state index contributed by atoms with van der Waals surface area (Å²) in [6.45, 7) is -0.737. The number of ether oxygens (including phenoxy) is 2. The normalized spacial score (nSPS) is 15.4. The number of rotatable bonds is 4. The number of carbonyl (C=O) groups is 2. The van der Waals surface area contributed by atoms with Crippen LogP contribution in [-0.4, -0.2) is 50.5 Å². The van der Waals surface area contributed by atoms with Gasteiger partial charge >= 0.3 is 12.0 Å². The molecular formula is C16H15N3O6S. The highest BCUT2D eigenvalue weighted by atomic mass is 32.2. The molecule has 136 valence electrons. The molecule has 1 aliphatic heterocycles. The lowest BCUT2D eigenvalue weighted by Gasteiger charge is -2.34. The van der Waals surface area contributed by atoms with E-state index in [4.69, 9.17) is 4.74 Å². The first kappa shape index (κ1) is 17.7. The lowest BCUT2D eigenvalue weighted by molar-refractivity contribution is -0.140. The number of aromatic nitrogens is 1. The van der Waals surface area contributed by atoms with Crippen molar-refractivity contribution in [1.29, 1.82) is 0 Å². The van der Waals surface area contributed by atoms with Gasteiger partial charge in [-0.05, 0) is 36.4 Å². The van der Waals surface area contributed by atoms with Crippen LogP contribution in [0.15, 0.2) is 47.5 Å². The third-order valence-electron chi connectivity index (χ3n) is 3.77. The number of sulfonamides is 1. The number of methoxy groups -OCH3 is 2. The van der Waals surface area contributed by atoms with Gasteiger partial charge in [-0.2, -0.15) is 0 Å². The van der Waals surface area contributed by atoms with Crippen LogP contribution in [0.4, 0.5) is 16.3 Å². The minimum absolute atomic E-state index is 0.0382. The number of nitrogens with zero attached hydrogens (tertiary/aromatic N) is 3. The number of hydrogen-bond donors (Lipinski definition) is 0. The number of urea groups is 1. The standard InChI is InChI=1S/C16H15N3O6S/c1-24-12-7-5-11(6-8-12)19-15-13(4-3-9-17-15)26(22,23)18(16(19)21)10-14(20)25-2/h3-9H,10H2,1-2H3. The first-order valence-electron chi connectivity index (χ1n) is 7.43. The zero-order valence-electron chi connectivity index (χ0n) is 13.9. The molecule has 0 N–H and O–H groups in total. The molecule has 0 spiro atoms. The molecule has 0 saturated carbocycles. The Labute approximate surface area is 149 Å². The fourth-order valence-electron chi connectivity index (χ4n) is 2.47. The van der Waals surface area contributed by atoms with Gasteiger partial charge in [0.1, 0.15) is 17.2 Å². The molecule has 0 atom stereocenters. The Morgan fingerprint density at radius 2 is 1.85 bits per heavy atom. The van der Waals surface area contributed by atoms with Crippen molar-refractivity contribution in [3.05, 3.63) is 42.6 Å². The number of pyridine rings is 1. The summed E-state index contributed by atoms with van der Waals surface area (Å²) in [6, 6.07) is 8.26. The van der Waals surface area contributed by atoms with Crippen LogP contribution in [0.3, 0.4) is 0 Å². The van der Waals surface area contributed by atoms with Gasteiger partial charge in [-0.15, -0.1) is 0 Å². The second-order valence-electron chi connectivity index (χ2n) is 5.23. The second-order valence-corrected chi connectivity index (χ2v) is 7.06. The van der Waals surface area contributed by atoms with E-state index in [0.29, 0.717) is 15.7 Å². The van der Waals surface area contributed by atoms with E-state index in [1.807, 2.05) is 0 Å². The Bertz CT molecular complexity index is 958. The molecule has 10 heteroatoms. The second kappa shape index (κ2) is 6.64. The van der Waals surface area contributed by atoms with Gasteiger partial charge in [0.25, 0.3) is 10.0 Å². The highest BCUT2D eigenvalue weighted by molar-refractivity contribution is 7.90. The van der Waals surface area contributed by atoms with Gasteiger partial charge < -0.3 is 9.47 Å². The average Bonchev–Trinajstić information content (AvgIpc) is 2.65. The van der Waals surface area contributed by atoms with Crippen LogP contribution in [0.5, 0.6) is 5.75 Å². The van der Waals surface area contributed by atoms with E-state index in [-0.39, 0.29) is 10.7 Å². The van der Waals surface area contributed by atoms with Crippen molar-refractivity contribution in [1.82, 2.24) is 9.29 Å². The van der Waals surface area contributed by atoms with Gasteiger partial charge in [-0.25, -0.2) is 27.4 Å². The molecule has 0 saturated heterocycles. The van der Waals surface area contributed by atoms with E-state index >= 15 is 0 Å². The predicted octanol–water partition coefficient (Wildman–Crippen LogP) is 1.53. The van der Waals surface area contributed by atoms with Gasteiger partial charge in [-0.1, -0.05) is 0 Å². The minimum atomic E-state index is -4.24. The quantitative estimate of drug-likeness (QED) is 0.744. The summed E-state index contributed by atoms with van der Waals surface area (Å²) in [4.78, 5) is 29.5. The van der Waals surface area contributed by atoms with Gasteiger partial charge in [0, 0.05) is 6.20 Å². The molecule has 0 bridgehead atoms. The summed E-state index contributed by atoms with van der Waals surface area (Å²) >= 11 is 0. The first-order valence-corrected chi connectivity index (χ1v) is 8.87. The van der Waals surface area contributed by atoms with Crippen molar-refractivity contribution in [3.63, 3.8) is 0 Å². The highest BCUT2D eigenvalue weighted by Gasteiger charge is 2.44. The average molecular weight is 377 g/mol. The molecule has 2 amide bonds.